The van der Waals surface area contributed by atoms with Crippen molar-refractivity contribution in [3.05, 3.63) is 66.1 Å². The number of ether oxygens (including phenoxy) is 1. The summed E-state index contributed by atoms with van der Waals surface area (Å²) < 4.78 is 9.83. The number of carbonyl (C=O) groups excluding carboxylic acids is 2. The second-order valence-electron chi connectivity index (χ2n) is 4.62. The molecule has 0 radical (unpaired) electrons. The van der Waals surface area contributed by atoms with Crippen molar-refractivity contribution in [2.24, 2.45) is 0 Å². The minimum Gasteiger partial charge on any atom is -0.467 e. The standard InChI is InChI=1S/C17H17NO4/c1-21-17(20)15(12-13-6-3-2-4-7-13)18-16(19)10-9-14-8-5-11-22-14/h2-11,15H,12H2,1H3,(H,18,19)/b10-9+/t15-/m0/s1. The maximum atomic E-state index is 11.9. The van der Waals surface area contributed by atoms with Crippen molar-refractivity contribution < 1.29 is 18.7 Å². The van der Waals surface area contributed by atoms with Crippen LogP contribution in [-0.4, -0.2) is 25.0 Å². The van der Waals surface area contributed by atoms with E-state index in [1.54, 1.807) is 12.1 Å². The van der Waals surface area contributed by atoms with Crippen molar-refractivity contribution in [2.75, 3.05) is 7.11 Å². The Kier molecular flexibility index (Phi) is 5.54. The van der Waals surface area contributed by atoms with Gasteiger partial charge in [0.2, 0.25) is 5.91 Å². The summed E-state index contributed by atoms with van der Waals surface area (Å²) in [6.45, 7) is 0. The molecule has 0 aliphatic carbocycles. The van der Waals surface area contributed by atoms with Crippen LogP contribution in [0.1, 0.15) is 11.3 Å². The van der Waals surface area contributed by atoms with E-state index in [9.17, 15) is 9.59 Å². The number of esters is 1. The van der Waals surface area contributed by atoms with Crippen molar-refractivity contribution in [1.82, 2.24) is 5.32 Å². The Labute approximate surface area is 128 Å². The van der Waals surface area contributed by atoms with Crippen LogP contribution in [0.5, 0.6) is 0 Å². The van der Waals surface area contributed by atoms with Crippen LogP contribution < -0.4 is 5.32 Å². The Morgan fingerprint density at radius 1 is 1.23 bits per heavy atom. The molecule has 2 aromatic rings. The fourth-order valence-corrected chi connectivity index (χ4v) is 1.95. The zero-order chi connectivity index (χ0) is 15.8. The summed E-state index contributed by atoms with van der Waals surface area (Å²) in [6.07, 6.45) is 4.74. The number of hydrogen-bond acceptors (Lipinski definition) is 4. The number of benzene rings is 1. The van der Waals surface area contributed by atoms with E-state index < -0.39 is 12.0 Å². The second kappa shape index (κ2) is 7.83. The molecule has 0 aliphatic heterocycles. The largest absolute Gasteiger partial charge is 0.467 e. The highest BCUT2D eigenvalue weighted by atomic mass is 16.5. The topological polar surface area (TPSA) is 68.5 Å². The quantitative estimate of drug-likeness (QED) is 0.656. The number of nitrogens with one attached hydrogen (secondary N) is 1. The molecule has 0 spiro atoms. The van der Waals surface area contributed by atoms with Crippen LogP contribution in [-0.2, 0) is 20.7 Å². The molecule has 2 rings (SSSR count). The van der Waals surface area contributed by atoms with Crippen molar-refractivity contribution in [2.45, 2.75) is 12.5 Å². The molecule has 1 heterocycles. The smallest absolute Gasteiger partial charge is 0.328 e. The van der Waals surface area contributed by atoms with Gasteiger partial charge >= 0.3 is 5.97 Å². The van der Waals surface area contributed by atoms with Crippen LogP contribution in [0.15, 0.2) is 59.2 Å². The molecule has 5 nitrogen and oxygen atoms in total. The molecule has 0 saturated heterocycles. The second-order valence-corrected chi connectivity index (χ2v) is 4.62. The van der Waals surface area contributed by atoms with Crippen LogP contribution in [0.2, 0.25) is 0 Å². The van der Waals surface area contributed by atoms with Gasteiger partial charge in [0, 0.05) is 12.5 Å². The zero-order valence-electron chi connectivity index (χ0n) is 12.2. The van der Waals surface area contributed by atoms with Gasteiger partial charge in [-0.1, -0.05) is 30.3 Å². The predicted molar refractivity (Wildman–Crippen MR) is 81.8 cm³/mol. The summed E-state index contributed by atoms with van der Waals surface area (Å²) in [7, 11) is 1.30. The lowest BCUT2D eigenvalue weighted by Gasteiger charge is -2.15. The lowest BCUT2D eigenvalue weighted by molar-refractivity contribution is -0.144. The summed E-state index contributed by atoms with van der Waals surface area (Å²) in [4.78, 5) is 23.7. The van der Waals surface area contributed by atoms with Gasteiger partial charge in [0.05, 0.1) is 13.4 Å². The predicted octanol–water partition coefficient (Wildman–Crippen LogP) is 2.19. The van der Waals surface area contributed by atoms with E-state index in [1.807, 2.05) is 30.3 Å². The van der Waals surface area contributed by atoms with Gasteiger partial charge < -0.3 is 14.5 Å². The average Bonchev–Trinajstić information content (AvgIpc) is 3.06. The van der Waals surface area contributed by atoms with E-state index in [0.29, 0.717) is 12.2 Å². The van der Waals surface area contributed by atoms with Gasteiger partial charge in [-0.3, -0.25) is 4.79 Å². The fourth-order valence-electron chi connectivity index (χ4n) is 1.95. The molecule has 1 N–H and O–H groups in total. The third kappa shape index (κ3) is 4.63. The van der Waals surface area contributed by atoms with Crippen molar-refractivity contribution >= 4 is 18.0 Å². The molecule has 0 saturated carbocycles. The first-order valence-electron chi connectivity index (χ1n) is 6.83. The van der Waals surface area contributed by atoms with Gasteiger partial charge in [-0.15, -0.1) is 0 Å². The van der Waals surface area contributed by atoms with Gasteiger partial charge in [-0.05, 0) is 23.8 Å². The molecule has 1 aromatic heterocycles. The summed E-state index contributed by atoms with van der Waals surface area (Å²) in [5.74, 6) is -0.306. The molecule has 1 aromatic carbocycles. The van der Waals surface area contributed by atoms with Crippen LogP contribution >= 0.6 is 0 Å². The summed E-state index contributed by atoms with van der Waals surface area (Å²) >= 11 is 0. The normalized spacial score (nSPS) is 12.0. The van der Waals surface area contributed by atoms with E-state index in [4.69, 9.17) is 9.15 Å². The van der Waals surface area contributed by atoms with Crippen LogP contribution in [0, 0.1) is 0 Å². The molecule has 0 aliphatic rings. The lowest BCUT2D eigenvalue weighted by atomic mass is 10.1. The molecule has 1 atom stereocenters. The SMILES string of the molecule is COC(=O)[C@H](Cc1ccccc1)NC(=O)/C=C/c1ccco1. The number of carbonyl (C=O) groups is 2. The third-order valence-corrected chi connectivity index (χ3v) is 3.03. The van der Waals surface area contributed by atoms with E-state index in [-0.39, 0.29) is 5.91 Å². The number of rotatable bonds is 6. The van der Waals surface area contributed by atoms with Crippen LogP contribution in [0.25, 0.3) is 6.08 Å². The number of amides is 1. The zero-order valence-corrected chi connectivity index (χ0v) is 12.2. The molecular formula is C17H17NO4. The first-order chi connectivity index (χ1) is 10.7. The Morgan fingerprint density at radius 3 is 2.64 bits per heavy atom. The number of furan rings is 1. The monoisotopic (exact) mass is 299 g/mol. The third-order valence-electron chi connectivity index (χ3n) is 3.03. The minimum absolute atomic E-state index is 0.369. The van der Waals surface area contributed by atoms with Gasteiger partial charge in [-0.25, -0.2) is 4.79 Å². The van der Waals surface area contributed by atoms with Crippen molar-refractivity contribution in [1.29, 1.82) is 0 Å². The fraction of sp³-hybridized carbons (Fsp3) is 0.176. The Balaban J connectivity index is 2.00. The van der Waals surface area contributed by atoms with Crippen LogP contribution in [0.4, 0.5) is 0 Å². The number of methoxy groups -OCH3 is 1. The highest BCUT2D eigenvalue weighted by molar-refractivity contribution is 5.94. The van der Waals surface area contributed by atoms with Gasteiger partial charge in [0.25, 0.3) is 0 Å². The molecule has 1 amide bonds. The number of hydrogen-bond donors (Lipinski definition) is 1. The first kappa shape index (κ1) is 15.6. The van der Waals surface area contributed by atoms with Gasteiger partial charge in [0.15, 0.2) is 0 Å². The van der Waals surface area contributed by atoms with Gasteiger partial charge in [0.1, 0.15) is 11.8 Å². The molecular weight excluding hydrogens is 282 g/mol. The van der Waals surface area contributed by atoms with E-state index in [2.05, 4.69) is 5.32 Å². The molecule has 0 fully saturated rings. The lowest BCUT2D eigenvalue weighted by Crippen LogP contribution is -2.42. The summed E-state index contributed by atoms with van der Waals surface area (Å²) in [6, 6.07) is 12.1. The maximum Gasteiger partial charge on any atom is 0.328 e. The molecule has 5 heteroatoms. The average molecular weight is 299 g/mol. The Hall–Kier alpha value is -2.82. The van der Waals surface area contributed by atoms with Crippen LogP contribution in [0.3, 0.4) is 0 Å². The molecule has 0 bridgehead atoms. The highest BCUT2D eigenvalue weighted by Gasteiger charge is 2.20. The Bertz CT molecular complexity index is 632. The van der Waals surface area contributed by atoms with E-state index in [0.717, 1.165) is 5.56 Å². The Morgan fingerprint density at radius 2 is 2.00 bits per heavy atom. The summed E-state index contributed by atoms with van der Waals surface area (Å²) in [5.41, 5.74) is 0.938. The van der Waals surface area contributed by atoms with Crippen molar-refractivity contribution in [3.8, 4) is 0 Å². The van der Waals surface area contributed by atoms with Gasteiger partial charge in [-0.2, -0.15) is 0 Å². The summed E-state index contributed by atoms with van der Waals surface area (Å²) in [5, 5.41) is 2.64. The van der Waals surface area contributed by atoms with E-state index in [1.165, 1.54) is 25.5 Å². The molecule has 0 unspecified atom stereocenters. The molecule has 22 heavy (non-hydrogen) atoms. The van der Waals surface area contributed by atoms with E-state index >= 15 is 0 Å². The minimum atomic E-state index is -0.735. The highest BCUT2D eigenvalue weighted by Crippen LogP contribution is 2.05. The first-order valence-corrected chi connectivity index (χ1v) is 6.83. The van der Waals surface area contributed by atoms with Crippen molar-refractivity contribution in [3.63, 3.8) is 0 Å². The maximum absolute atomic E-state index is 11.9. The molecule has 114 valence electrons.